The van der Waals surface area contributed by atoms with E-state index in [1.54, 1.807) is 6.33 Å². The van der Waals surface area contributed by atoms with E-state index < -0.39 is 0 Å². The Balaban J connectivity index is 1.47. The number of imidazole rings is 1. The van der Waals surface area contributed by atoms with Crippen molar-refractivity contribution in [1.29, 1.82) is 0 Å². The summed E-state index contributed by atoms with van der Waals surface area (Å²) in [7, 11) is 0. The van der Waals surface area contributed by atoms with Gasteiger partial charge in [-0.3, -0.25) is 9.59 Å². The Kier molecular flexibility index (Phi) is 3.32. The Bertz CT molecular complexity index is 765. The van der Waals surface area contributed by atoms with Crippen LogP contribution in [0.25, 0.3) is 11.0 Å². The summed E-state index contributed by atoms with van der Waals surface area (Å²) < 4.78 is 0. The Morgan fingerprint density at radius 3 is 2.83 bits per heavy atom. The quantitative estimate of drug-likeness (QED) is 0.916. The zero-order chi connectivity index (χ0) is 16.0. The van der Waals surface area contributed by atoms with Crippen molar-refractivity contribution in [1.82, 2.24) is 19.8 Å². The fraction of sp³-hybridized carbons (Fsp3) is 0.471. The first-order chi connectivity index (χ1) is 11.1. The third kappa shape index (κ3) is 2.58. The number of nitrogens with one attached hydrogen (secondary N) is 1. The van der Waals surface area contributed by atoms with Crippen molar-refractivity contribution in [3.8, 4) is 0 Å². The molecule has 2 aromatic rings. The summed E-state index contributed by atoms with van der Waals surface area (Å²) in [5.41, 5.74) is 2.39. The van der Waals surface area contributed by atoms with Gasteiger partial charge in [-0.2, -0.15) is 0 Å². The molecule has 1 aliphatic heterocycles. The van der Waals surface area contributed by atoms with Crippen LogP contribution in [0, 0.1) is 5.92 Å². The van der Waals surface area contributed by atoms with Gasteiger partial charge in [0.15, 0.2) is 0 Å². The maximum absolute atomic E-state index is 12.7. The number of hydrogen-bond donors (Lipinski definition) is 1. The van der Waals surface area contributed by atoms with Gasteiger partial charge in [-0.25, -0.2) is 4.98 Å². The smallest absolute Gasteiger partial charge is 0.254 e. The van der Waals surface area contributed by atoms with E-state index in [4.69, 9.17) is 0 Å². The van der Waals surface area contributed by atoms with Gasteiger partial charge in [-0.05, 0) is 38.0 Å². The van der Waals surface area contributed by atoms with Crippen LogP contribution in [0.5, 0.6) is 0 Å². The summed E-state index contributed by atoms with van der Waals surface area (Å²) in [4.78, 5) is 36.0. The van der Waals surface area contributed by atoms with Gasteiger partial charge in [0.2, 0.25) is 5.91 Å². The van der Waals surface area contributed by atoms with E-state index >= 15 is 0 Å². The zero-order valence-corrected chi connectivity index (χ0v) is 13.2. The molecule has 6 nitrogen and oxygen atoms in total. The van der Waals surface area contributed by atoms with Gasteiger partial charge < -0.3 is 14.8 Å². The first kappa shape index (κ1) is 14.2. The van der Waals surface area contributed by atoms with Gasteiger partial charge in [0.25, 0.3) is 5.91 Å². The molecule has 120 valence electrons. The minimum absolute atomic E-state index is 0.0203. The van der Waals surface area contributed by atoms with Crippen LogP contribution in [0.15, 0.2) is 24.5 Å². The average Bonchev–Trinajstić information content (AvgIpc) is 3.31. The summed E-state index contributed by atoms with van der Waals surface area (Å²) in [6.45, 7) is 3.85. The number of hydrogen-bond acceptors (Lipinski definition) is 3. The van der Waals surface area contributed by atoms with E-state index in [0.717, 1.165) is 23.9 Å². The van der Waals surface area contributed by atoms with Crippen LogP contribution >= 0.6 is 0 Å². The highest BCUT2D eigenvalue weighted by molar-refractivity contribution is 5.97. The Labute approximate surface area is 134 Å². The number of rotatable bonds is 2. The van der Waals surface area contributed by atoms with E-state index in [1.807, 2.05) is 34.9 Å². The Morgan fingerprint density at radius 2 is 2.09 bits per heavy atom. The van der Waals surface area contributed by atoms with Crippen LogP contribution in [0.1, 0.15) is 30.1 Å². The zero-order valence-electron chi connectivity index (χ0n) is 13.2. The fourth-order valence-electron chi connectivity index (χ4n) is 3.29. The molecule has 1 saturated carbocycles. The second kappa shape index (κ2) is 5.37. The lowest BCUT2D eigenvalue weighted by molar-refractivity contribution is -0.136. The predicted molar refractivity (Wildman–Crippen MR) is 85.9 cm³/mol. The Morgan fingerprint density at radius 1 is 1.26 bits per heavy atom. The van der Waals surface area contributed by atoms with Crippen LogP contribution in [0.4, 0.5) is 0 Å². The van der Waals surface area contributed by atoms with E-state index in [0.29, 0.717) is 25.2 Å². The molecule has 1 aliphatic carbocycles. The van der Waals surface area contributed by atoms with Crippen LogP contribution < -0.4 is 0 Å². The largest absolute Gasteiger partial charge is 0.345 e. The number of carbonyl (C=O) groups is 2. The van der Waals surface area contributed by atoms with E-state index in [2.05, 4.69) is 9.97 Å². The third-order valence-corrected chi connectivity index (χ3v) is 4.79. The summed E-state index contributed by atoms with van der Waals surface area (Å²) >= 11 is 0. The molecule has 1 aromatic heterocycles. The van der Waals surface area contributed by atoms with Crippen molar-refractivity contribution in [3.63, 3.8) is 0 Å². The number of amides is 2. The number of carbonyl (C=O) groups excluding carboxylic acids is 2. The van der Waals surface area contributed by atoms with Crippen molar-refractivity contribution < 1.29 is 9.59 Å². The number of benzene rings is 1. The monoisotopic (exact) mass is 312 g/mol. The number of H-pyrrole nitrogens is 1. The molecule has 0 radical (unpaired) electrons. The number of nitrogens with zero attached hydrogens (tertiary/aromatic N) is 3. The van der Waals surface area contributed by atoms with Crippen molar-refractivity contribution in [3.05, 3.63) is 30.1 Å². The van der Waals surface area contributed by atoms with Crippen molar-refractivity contribution in [2.24, 2.45) is 5.92 Å². The van der Waals surface area contributed by atoms with Gasteiger partial charge in [0, 0.05) is 37.2 Å². The van der Waals surface area contributed by atoms with Crippen LogP contribution in [0.3, 0.4) is 0 Å². The lowest BCUT2D eigenvalue weighted by Crippen LogP contribution is -2.55. The highest BCUT2D eigenvalue weighted by atomic mass is 16.2. The van der Waals surface area contributed by atoms with Gasteiger partial charge in [0.05, 0.1) is 17.4 Å². The fourth-order valence-corrected chi connectivity index (χ4v) is 3.29. The molecule has 4 rings (SSSR count). The molecule has 0 spiro atoms. The lowest BCUT2D eigenvalue weighted by Gasteiger charge is -2.40. The lowest BCUT2D eigenvalue weighted by atomic mass is 10.1. The molecule has 1 atom stereocenters. The molecule has 2 fully saturated rings. The molecular formula is C17H20N4O2. The SMILES string of the molecule is CC1CN(C(=O)c2ccc3nc[nH]c3c2)CCN1C(=O)C1CC1. The second-order valence-corrected chi connectivity index (χ2v) is 6.54. The maximum atomic E-state index is 12.7. The van der Waals surface area contributed by atoms with Crippen LogP contribution in [0.2, 0.25) is 0 Å². The molecule has 1 aromatic carbocycles. The summed E-state index contributed by atoms with van der Waals surface area (Å²) in [6, 6.07) is 5.60. The number of piperazine rings is 1. The number of fused-ring (bicyclic) bond motifs is 1. The predicted octanol–water partition coefficient (Wildman–Crippen LogP) is 1.65. The first-order valence-electron chi connectivity index (χ1n) is 8.16. The molecular weight excluding hydrogens is 292 g/mol. The van der Waals surface area contributed by atoms with Crippen LogP contribution in [-0.2, 0) is 4.79 Å². The summed E-state index contributed by atoms with van der Waals surface area (Å²) in [5.74, 6) is 0.526. The molecule has 2 aliphatic rings. The molecule has 2 amide bonds. The maximum Gasteiger partial charge on any atom is 0.254 e. The topological polar surface area (TPSA) is 69.3 Å². The molecule has 6 heteroatoms. The third-order valence-electron chi connectivity index (χ3n) is 4.79. The van der Waals surface area contributed by atoms with Gasteiger partial charge >= 0.3 is 0 Å². The van der Waals surface area contributed by atoms with E-state index in [1.165, 1.54) is 0 Å². The molecule has 0 bridgehead atoms. The van der Waals surface area contributed by atoms with Crippen molar-refractivity contribution >= 4 is 22.8 Å². The highest BCUT2D eigenvalue weighted by Crippen LogP contribution is 2.32. The minimum atomic E-state index is 0.0203. The molecule has 23 heavy (non-hydrogen) atoms. The molecule has 2 heterocycles. The first-order valence-corrected chi connectivity index (χ1v) is 8.16. The number of aromatic nitrogens is 2. The normalized spacial score (nSPS) is 21.7. The Hall–Kier alpha value is -2.37. The minimum Gasteiger partial charge on any atom is -0.345 e. The van der Waals surface area contributed by atoms with Crippen molar-refractivity contribution in [2.75, 3.05) is 19.6 Å². The molecule has 1 saturated heterocycles. The highest BCUT2D eigenvalue weighted by Gasteiger charge is 2.38. The average molecular weight is 312 g/mol. The van der Waals surface area contributed by atoms with Crippen LogP contribution in [-0.4, -0.2) is 57.3 Å². The van der Waals surface area contributed by atoms with Crippen molar-refractivity contribution in [2.45, 2.75) is 25.8 Å². The van der Waals surface area contributed by atoms with Gasteiger partial charge in [-0.1, -0.05) is 0 Å². The van der Waals surface area contributed by atoms with Gasteiger partial charge in [0.1, 0.15) is 0 Å². The van der Waals surface area contributed by atoms with Gasteiger partial charge in [-0.15, -0.1) is 0 Å². The van der Waals surface area contributed by atoms with E-state index in [9.17, 15) is 9.59 Å². The summed E-state index contributed by atoms with van der Waals surface area (Å²) in [6.07, 6.45) is 3.67. The molecule has 1 unspecified atom stereocenters. The second-order valence-electron chi connectivity index (χ2n) is 6.54. The number of aromatic amines is 1. The molecule has 1 N–H and O–H groups in total. The standard InChI is InChI=1S/C17H20N4O2/c1-11-9-20(6-7-21(11)17(23)12-2-3-12)16(22)13-4-5-14-15(8-13)19-10-18-14/h4-5,8,10-12H,2-3,6-7,9H2,1H3,(H,18,19). The van der Waals surface area contributed by atoms with E-state index in [-0.39, 0.29) is 23.8 Å². The summed E-state index contributed by atoms with van der Waals surface area (Å²) in [5, 5.41) is 0.